The van der Waals surface area contributed by atoms with Crippen molar-refractivity contribution in [1.29, 1.82) is 0 Å². The number of nitrogens with zero attached hydrogens (tertiary/aromatic N) is 4. The normalized spacial score (nSPS) is 13.9. The third-order valence-corrected chi connectivity index (χ3v) is 4.99. The van der Waals surface area contributed by atoms with Gasteiger partial charge in [0.1, 0.15) is 11.7 Å². The van der Waals surface area contributed by atoms with Gasteiger partial charge in [0.15, 0.2) is 5.65 Å². The second kappa shape index (κ2) is 7.03. The number of carbonyl (C=O) groups is 1. The topological polar surface area (TPSA) is 81.8 Å². The van der Waals surface area contributed by atoms with Crippen LogP contribution in [0.5, 0.6) is 0 Å². The van der Waals surface area contributed by atoms with E-state index in [1.54, 1.807) is 21.8 Å². The summed E-state index contributed by atoms with van der Waals surface area (Å²) in [4.78, 5) is 28.8. The lowest BCUT2D eigenvalue weighted by molar-refractivity contribution is -0.122. The zero-order chi connectivity index (χ0) is 18.1. The summed E-state index contributed by atoms with van der Waals surface area (Å²) in [6, 6.07) is 7.82. The number of halogens is 1. The molecule has 1 aromatic carbocycles. The monoisotopic (exact) mass is 415 g/mol. The zero-order valence-electron chi connectivity index (χ0n) is 14.1. The number of rotatable bonds is 6. The molecule has 1 amide bonds. The van der Waals surface area contributed by atoms with E-state index < -0.39 is 0 Å². The standard InChI is InChI=1S/C18H18BrN5O2/c19-14-5-1-12(2-6-14)10-23-11-21-16-15(18(23)26)9-22-24(16)8-7-20-17(25)13-3-4-13/h1-2,5-6,9,11,13H,3-4,7-8,10H2,(H,20,25). The molecule has 4 rings (SSSR count). The van der Waals surface area contributed by atoms with Crippen LogP contribution >= 0.6 is 15.9 Å². The first-order chi connectivity index (χ1) is 12.6. The Morgan fingerprint density at radius 1 is 1.27 bits per heavy atom. The molecule has 0 saturated heterocycles. The van der Waals surface area contributed by atoms with Gasteiger partial charge >= 0.3 is 0 Å². The van der Waals surface area contributed by atoms with Crippen molar-refractivity contribution in [3.05, 3.63) is 57.2 Å². The fraction of sp³-hybridized carbons (Fsp3) is 0.333. The van der Waals surface area contributed by atoms with Gasteiger partial charge in [-0.05, 0) is 30.5 Å². The van der Waals surface area contributed by atoms with Crippen LogP contribution in [0.1, 0.15) is 18.4 Å². The lowest BCUT2D eigenvalue weighted by Gasteiger charge is -2.07. The summed E-state index contributed by atoms with van der Waals surface area (Å²) in [6.45, 7) is 1.43. The van der Waals surface area contributed by atoms with Crippen molar-refractivity contribution >= 4 is 32.9 Å². The number of fused-ring (bicyclic) bond motifs is 1. The average molecular weight is 416 g/mol. The first-order valence-corrected chi connectivity index (χ1v) is 9.34. The molecule has 0 unspecified atom stereocenters. The van der Waals surface area contributed by atoms with Crippen molar-refractivity contribution in [2.75, 3.05) is 6.54 Å². The van der Waals surface area contributed by atoms with Crippen LogP contribution in [0.2, 0.25) is 0 Å². The maximum absolute atomic E-state index is 12.7. The summed E-state index contributed by atoms with van der Waals surface area (Å²) in [7, 11) is 0. The highest BCUT2D eigenvalue weighted by Gasteiger charge is 2.29. The van der Waals surface area contributed by atoms with E-state index in [2.05, 4.69) is 31.3 Å². The smallest absolute Gasteiger partial charge is 0.264 e. The summed E-state index contributed by atoms with van der Waals surface area (Å²) < 4.78 is 4.23. The first kappa shape index (κ1) is 17.0. The van der Waals surface area contributed by atoms with Crippen LogP contribution in [0.3, 0.4) is 0 Å². The van der Waals surface area contributed by atoms with Crippen LogP contribution in [-0.2, 0) is 17.9 Å². The fourth-order valence-electron chi connectivity index (χ4n) is 2.84. The molecule has 3 aromatic rings. The molecule has 0 radical (unpaired) electrons. The Morgan fingerprint density at radius 3 is 2.77 bits per heavy atom. The van der Waals surface area contributed by atoms with E-state index in [4.69, 9.17) is 0 Å². The molecule has 7 nitrogen and oxygen atoms in total. The highest BCUT2D eigenvalue weighted by Crippen LogP contribution is 2.28. The molecule has 134 valence electrons. The highest BCUT2D eigenvalue weighted by atomic mass is 79.9. The van der Waals surface area contributed by atoms with Crippen LogP contribution < -0.4 is 10.9 Å². The van der Waals surface area contributed by atoms with E-state index in [1.165, 1.54) is 0 Å². The molecule has 1 aliphatic rings. The Hall–Kier alpha value is -2.48. The molecule has 1 fully saturated rings. The Labute approximate surface area is 158 Å². The molecule has 1 N–H and O–H groups in total. The maximum Gasteiger partial charge on any atom is 0.264 e. The summed E-state index contributed by atoms with van der Waals surface area (Å²) in [5.41, 5.74) is 1.44. The van der Waals surface area contributed by atoms with E-state index in [0.717, 1.165) is 22.9 Å². The fourth-order valence-corrected chi connectivity index (χ4v) is 3.10. The predicted molar refractivity (Wildman–Crippen MR) is 101 cm³/mol. The molecule has 26 heavy (non-hydrogen) atoms. The SMILES string of the molecule is O=C(NCCn1ncc2c(=O)n(Cc3ccc(Br)cc3)cnc21)C1CC1. The van der Waals surface area contributed by atoms with Gasteiger partial charge in [-0.1, -0.05) is 28.1 Å². The Balaban J connectivity index is 1.50. The summed E-state index contributed by atoms with van der Waals surface area (Å²) >= 11 is 3.40. The van der Waals surface area contributed by atoms with Crippen molar-refractivity contribution < 1.29 is 4.79 Å². The Bertz CT molecular complexity index is 1000. The van der Waals surface area contributed by atoms with E-state index in [9.17, 15) is 9.59 Å². The van der Waals surface area contributed by atoms with Crippen LogP contribution in [-0.4, -0.2) is 31.8 Å². The van der Waals surface area contributed by atoms with Crippen LogP contribution in [0.15, 0.2) is 46.1 Å². The van der Waals surface area contributed by atoms with Gasteiger partial charge in [-0.25, -0.2) is 9.67 Å². The van der Waals surface area contributed by atoms with Gasteiger partial charge in [0.05, 0.1) is 19.3 Å². The third kappa shape index (κ3) is 3.55. The second-order valence-corrected chi connectivity index (χ2v) is 7.39. The van der Waals surface area contributed by atoms with E-state index in [1.807, 2.05) is 24.3 Å². The molecule has 8 heteroatoms. The van der Waals surface area contributed by atoms with Crippen LogP contribution in [0.25, 0.3) is 11.0 Å². The van der Waals surface area contributed by atoms with E-state index >= 15 is 0 Å². The number of hydrogen-bond acceptors (Lipinski definition) is 4. The Kier molecular flexibility index (Phi) is 4.58. The van der Waals surface area contributed by atoms with Crippen molar-refractivity contribution in [2.45, 2.75) is 25.9 Å². The average Bonchev–Trinajstić information content (AvgIpc) is 3.41. The van der Waals surface area contributed by atoms with E-state index in [0.29, 0.717) is 30.7 Å². The molecular weight excluding hydrogens is 398 g/mol. The molecule has 1 aliphatic carbocycles. The molecule has 0 atom stereocenters. The predicted octanol–water partition coefficient (Wildman–Crippen LogP) is 1.93. The maximum atomic E-state index is 12.7. The number of aromatic nitrogens is 4. The molecule has 2 aromatic heterocycles. The van der Waals surface area contributed by atoms with Gasteiger partial charge < -0.3 is 5.32 Å². The number of amides is 1. The van der Waals surface area contributed by atoms with Crippen molar-refractivity contribution in [3.8, 4) is 0 Å². The first-order valence-electron chi connectivity index (χ1n) is 8.55. The Morgan fingerprint density at radius 2 is 2.04 bits per heavy atom. The number of hydrogen-bond donors (Lipinski definition) is 1. The number of carbonyl (C=O) groups excluding carboxylic acids is 1. The summed E-state index contributed by atoms with van der Waals surface area (Å²) in [6.07, 6.45) is 5.06. The molecule has 2 heterocycles. The minimum atomic E-state index is -0.119. The van der Waals surface area contributed by atoms with E-state index in [-0.39, 0.29) is 17.4 Å². The van der Waals surface area contributed by atoms with Gasteiger partial charge in [-0.2, -0.15) is 5.10 Å². The van der Waals surface area contributed by atoms with Crippen LogP contribution in [0, 0.1) is 5.92 Å². The lowest BCUT2D eigenvalue weighted by atomic mass is 10.2. The quantitative estimate of drug-likeness (QED) is 0.666. The summed E-state index contributed by atoms with van der Waals surface area (Å²) in [5, 5.41) is 7.64. The largest absolute Gasteiger partial charge is 0.354 e. The molecule has 0 aliphatic heterocycles. The molecule has 1 saturated carbocycles. The molecular formula is C18H18BrN5O2. The second-order valence-electron chi connectivity index (χ2n) is 6.47. The zero-order valence-corrected chi connectivity index (χ0v) is 15.6. The number of benzene rings is 1. The van der Waals surface area contributed by atoms with Gasteiger partial charge in [0.25, 0.3) is 5.56 Å². The van der Waals surface area contributed by atoms with Crippen molar-refractivity contribution in [3.63, 3.8) is 0 Å². The third-order valence-electron chi connectivity index (χ3n) is 4.46. The van der Waals surface area contributed by atoms with Gasteiger partial charge in [0.2, 0.25) is 5.91 Å². The van der Waals surface area contributed by atoms with Crippen molar-refractivity contribution in [1.82, 2.24) is 24.6 Å². The van der Waals surface area contributed by atoms with Gasteiger partial charge in [-0.15, -0.1) is 0 Å². The molecule has 0 spiro atoms. The highest BCUT2D eigenvalue weighted by molar-refractivity contribution is 9.10. The number of nitrogens with one attached hydrogen (secondary N) is 1. The van der Waals surface area contributed by atoms with Crippen LogP contribution in [0.4, 0.5) is 0 Å². The molecule has 0 bridgehead atoms. The van der Waals surface area contributed by atoms with Gasteiger partial charge in [0, 0.05) is 16.9 Å². The minimum absolute atomic E-state index is 0.103. The van der Waals surface area contributed by atoms with Crippen molar-refractivity contribution in [2.24, 2.45) is 5.92 Å². The van der Waals surface area contributed by atoms with Gasteiger partial charge in [-0.3, -0.25) is 14.2 Å². The summed E-state index contributed by atoms with van der Waals surface area (Å²) in [5.74, 6) is 0.291. The lowest BCUT2D eigenvalue weighted by Crippen LogP contribution is -2.28. The minimum Gasteiger partial charge on any atom is -0.354 e.